The molecule has 0 spiro atoms. The molecule has 1 aromatic rings. The highest BCUT2D eigenvalue weighted by Gasteiger charge is 2.24. The molecule has 0 amide bonds. The average Bonchev–Trinajstić information content (AvgIpc) is 2.38. The fourth-order valence-corrected chi connectivity index (χ4v) is 3.44. The molecule has 1 saturated heterocycles. The third-order valence-electron chi connectivity index (χ3n) is 3.32. The van der Waals surface area contributed by atoms with E-state index in [-0.39, 0.29) is 0 Å². The van der Waals surface area contributed by atoms with Gasteiger partial charge in [0.25, 0.3) is 0 Å². The van der Waals surface area contributed by atoms with Gasteiger partial charge in [0.2, 0.25) is 10.0 Å². The molecule has 0 aromatic heterocycles. The lowest BCUT2D eigenvalue weighted by atomic mass is 10.1. The quantitative estimate of drug-likeness (QED) is 0.885. The molecule has 5 nitrogen and oxygen atoms in total. The zero-order chi connectivity index (χ0) is 14.0. The number of sulfonamides is 1. The highest BCUT2D eigenvalue weighted by Crippen LogP contribution is 2.26. The second-order valence-electron chi connectivity index (χ2n) is 4.63. The lowest BCUT2D eigenvalue weighted by Crippen LogP contribution is -2.48. The fourth-order valence-electron chi connectivity index (χ4n) is 2.26. The molecule has 2 rings (SSSR count). The van der Waals surface area contributed by atoms with Crippen LogP contribution in [0.5, 0.6) is 0 Å². The van der Waals surface area contributed by atoms with Crippen LogP contribution in [-0.4, -0.2) is 45.2 Å². The molecule has 2 N–H and O–H groups in total. The monoisotopic (exact) mass is 347 g/mol. The van der Waals surface area contributed by atoms with Crippen molar-refractivity contribution in [3.05, 3.63) is 28.2 Å². The van der Waals surface area contributed by atoms with Gasteiger partial charge >= 0.3 is 0 Å². The third kappa shape index (κ3) is 3.47. The molecule has 1 fully saturated rings. The zero-order valence-corrected chi connectivity index (χ0v) is 13.2. The number of piperazine rings is 1. The molecular weight excluding hydrogens is 330 g/mol. The van der Waals surface area contributed by atoms with E-state index in [2.05, 4.69) is 20.8 Å². The summed E-state index contributed by atoms with van der Waals surface area (Å²) in [5.41, 5.74) is 7.92. The first-order valence-electron chi connectivity index (χ1n) is 6.10. The van der Waals surface area contributed by atoms with Gasteiger partial charge in [-0.15, -0.1) is 0 Å². The summed E-state index contributed by atoms with van der Waals surface area (Å²) in [5, 5.41) is 0. The highest BCUT2D eigenvalue weighted by molar-refractivity contribution is 9.10. The normalized spacial score (nSPS) is 17.7. The number of nitrogens with two attached hydrogens (primary N) is 1. The molecule has 0 atom stereocenters. The van der Waals surface area contributed by atoms with Gasteiger partial charge in [-0.05, 0) is 17.7 Å². The molecule has 0 unspecified atom stereocenters. The Hall–Kier alpha value is -0.630. The van der Waals surface area contributed by atoms with E-state index in [9.17, 15) is 8.42 Å². The molecule has 19 heavy (non-hydrogen) atoms. The van der Waals surface area contributed by atoms with Crippen molar-refractivity contribution in [3.8, 4) is 0 Å². The molecule has 1 aliphatic heterocycles. The number of benzene rings is 1. The van der Waals surface area contributed by atoms with E-state index < -0.39 is 10.0 Å². The van der Waals surface area contributed by atoms with Crippen LogP contribution in [0.2, 0.25) is 0 Å². The zero-order valence-electron chi connectivity index (χ0n) is 10.8. The van der Waals surface area contributed by atoms with E-state index in [1.54, 1.807) is 0 Å². The second-order valence-corrected chi connectivity index (χ2v) is 7.52. The average molecular weight is 348 g/mol. The van der Waals surface area contributed by atoms with Crippen molar-refractivity contribution in [2.24, 2.45) is 5.73 Å². The largest absolute Gasteiger partial charge is 0.369 e. The van der Waals surface area contributed by atoms with Crippen LogP contribution in [0.1, 0.15) is 5.56 Å². The molecule has 7 heteroatoms. The van der Waals surface area contributed by atoms with Crippen LogP contribution < -0.4 is 10.6 Å². The second kappa shape index (κ2) is 5.78. The summed E-state index contributed by atoms with van der Waals surface area (Å²) < 4.78 is 25.5. The predicted octanol–water partition coefficient (Wildman–Crippen LogP) is 0.989. The molecule has 0 radical (unpaired) electrons. The molecule has 106 valence electrons. The van der Waals surface area contributed by atoms with Crippen LogP contribution in [-0.2, 0) is 16.6 Å². The van der Waals surface area contributed by atoms with Crippen LogP contribution in [0.4, 0.5) is 5.69 Å². The Morgan fingerprint density at radius 3 is 2.42 bits per heavy atom. The van der Waals surface area contributed by atoms with Gasteiger partial charge in [0, 0.05) is 42.9 Å². The first-order valence-corrected chi connectivity index (χ1v) is 8.74. The van der Waals surface area contributed by atoms with E-state index in [4.69, 9.17) is 5.73 Å². The standard InChI is InChI=1S/C12H18BrN3O2S/c1-19(17,18)16-6-4-15(5-7-16)12-8-11(13)3-2-10(12)9-14/h2-3,8H,4-7,9,14H2,1H3. The number of anilines is 1. The molecule has 1 aromatic carbocycles. The first kappa shape index (κ1) is 14.8. The Morgan fingerprint density at radius 1 is 1.26 bits per heavy atom. The van der Waals surface area contributed by atoms with Gasteiger partial charge < -0.3 is 10.6 Å². The Morgan fingerprint density at radius 2 is 1.89 bits per heavy atom. The Kier molecular flexibility index (Phi) is 4.50. The number of hydrogen-bond donors (Lipinski definition) is 1. The van der Waals surface area contributed by atoms with Crippen LogP contribution >= 0.6 is 15.9 Å². The van der Waals surface area contributed by atoms with E-state index in [0.717, 1.165) is 15.7 Å². The maximum absolute atomic E-state index is 11.5. The van der Waals surface area contributed by atoms with Crippen LogP contribution in [0.25, 0.3) is 0 Å². The van der Waals surface area contributed by atoms with Crippen LogP contribution in [0.3, 0.4) is 0 Å². The van der Waals surface area contributed by atoms with E-state index in [1.165, 1.54) is 10.6 Å². The van der Waals surface area contributed by atoms with Gasteiger partial charge in [0.1, 0.15) is 0 Å². The summed E-state index contributed by atoms with van der Waals surface area (Å²) >= 11 is 3.46. The highest BCUT2D eigenvalue weighted by atomic mass is 79.9. The van der Waals surface area contributed by atoms with E-state index >= 15 is 0 Å². The van der Waals surface area contributed by atoms with Crippen molar-refractivity contribution in [3.63, 3.8) is 0 Å². The van der Waals surface area contributed by atoms with Gasteiger partial charge in [-0.2, -0.15) is 4.31 Å². The SMILES string of the molecule is CS(=O)(=O)N1CCN(c2cc(Br)ccc2CN)CC1. The Balaban J connectivity index is 2.16. The molecule has 0 aliphatic carbocycles. The van der Waals surface area contributed by atoms with Gasteiger partial charge in [0.05, 0.1) is 6.26 Å². The van der Waals surface area contributed by atoms with Crippen molar-refractivity contribution < 1.29 is 8.42 Å². The lowest BCUT2D eigenvalue weighted by Gasteiger charge is -2.35. The maximum atomic E-state index is 11.5. The summed E-state index contributed by atoms with van der Waals surface area (Å²) in [6.45, 7) is 2.91. The summed E-state index contributed by atoms with van der Waals surface area (Å²) in [6, 6.07) is 6.01. The van der Waals surface area contributed by atoms with E-state index in [1.807, 2.05) is 18.2 Å². The maximum Gasteiger partial charge on any atom is 0.211 e. The van der Waals surface area contributed by atoms with Crippen molar-refractivity contribution >= 4 is 31.6 Å². The fraction of sp³-hybridized carbons (Fsp3) is 0.500. The smallest absolute Gasteiger partial charge is 0.211 e. The Bertz CT molecular complexity index is 554. The molecular formula is C12H18BrN3O2S. The molecule has 0 saturated carbocycles. The number of nitrogens with zero attached hydrogens (tertiary/aromatic N) is 2. The van der Waals surface area contributed by atoms with Crippen molar-refractivity contribution in [2.45, 2.75) is 6.54 Å². The first-order chi connectivity index (χ1) is 8.91. The van der Waals surface area contributed by atoms with Crippen molar-refractivity contribution in [1.29, 1.82) is 0 Å². The summed E-state index contributed by atoms with van der Waals surface area (Å²) in [4.78, 5) is 2.19. The van der Waals surface area contributed by atoms with E-state index in [0.29, 0.717) is 32.7 Å². The summed E-state index contributed by atoms with van der Waals surface area (Å²) in [7, 11) is -3.08. The minimum absolute atomic E-state index is 0.481. The number of halogens is 1. The number of hydrogen-bond acceptors (Lipinski definition) is 4. The summed E-state index contributed by atoms with van der Waals surface area (Å²) in [6.07, 6.45) is 1.26. The molecule has 1 heterocycles. The predicted molar refractivity (Wildman–Crippen MR) is 80.7 cm³/mol. The minimum atomic E-state index is -3.08. The molecule has 0 bridgehead atoms. The van der Waals surface area contributed by atoms with Gasteiger partial charge in [0.15, 0.2) is 0 Å². The lowest BCUT2D eigenvalue weighted by molar-refractivity contribution is 0.388. The van der Waals surface area contributed by atoms with Crippen LogP contribution in [0, 0.1) is 0 Å². The van der Waals surface area contributed by atoms with Crippen molar-refractivity contribution in [1.82, 2.24) is 4.31 Å². The van der Waals surface area contributed by atoms with Gasteiger partial charge in [-0.3, -0.25) is 0 Å². The summed E-state index contributed by atoms with van der Waals surface area (Å²) in [5.74, 6) is 0. The third-order valence-corrected chi connectivity index (χ3v) is 5.11. The van der Waals surface area contributed by atoms with Gasteiger partial charge in [-0.25, -0.2) is 8.42 Å². The Labute approximate surface area is 122 Å². The number of rotatable bonds is 3. The van der Waals surface area contributed by atoms with Gasteiger partial charge in [-0.1, -0.05) is 22.0 Å². The molecule has 1 aliphatic rings. The van der Waals surface area contributed by atoms with Crippen LogP contribution in [0.15, 0.2) is 22.7 Å². The van der Waals surface area contributed by atoms with Crippen molar-refractivity contribution in [2.75, 3.05) is 37.3 Å². The topological polar surface area (TPSA) is 66.6 Å². The minimum Gasteiger partial charge on any atom is -0.369 e.